The van der Waals surface area contributed by atoms with Crippen molar-refractivity contribution in [1.82, 2.24) is 9.13 Å². The van der Waals surface area contributed by atoms with E-state index in [4.69, 9.17) is 0 Å². The van der Waals surface area contributed by atoms with Crippen LogP contribution in [0.25, 0.3) is 5.69 Å². The fourth-order valence-electron chi connectivity index (χ4n) is 1.57. The molecule has 0 fully saturated rings. The first-order chi connectivity index (χ1) is 8.00. The summed E-state index contributed by atoms with van der Waals surface area (Å²) in [5.74, 6) is 0.0886. The molecule has 1 heterocycles. The molecule has 2 rings (SSSR count). The molecule has 0 bridgehead atoms. The number of aryl methyl sites for hydroxylation is 1. The molecule has 5 nitrogen and oxygen atoms in total. The molecule has 17 heavy (non-hydrogen) atoms. The van der Waals surface area contributed by atoms with Gasteiger partial charge in [0.05, 0.1) is 5.69 Å². The molecule has 0 aliphatic heterocycles. The van der Waals surface area contributed by atoms with Crippen LogP contribution >= 0.6 is 0 Å². The maximum absolute atomic E-state index is 12.0. The molecular weight excluding hydrogens is 220 g/mol. The molecule has 1 N–H and O–H groups in total. The highest BCUT2D eigenvalue weighted by molar-refractivity contribution is 5.36. The van der Waals surface area contributed by atoms with Crippen LogP contribution in [0.5, 0.6) is 5.75 Å². The van der Waals surface area contributed by atoms with E-state index in [9.17, 15) is 14.7 Å². The smallest absolute Gasteiger partial charge is 0.335 e. The number of phenolic OH excluding ortho intramolecular Hbond substituents is 1. The van der Waals surface area contributed by atoms with E-state index >= 15 is 0 Å². The summed E-state index contributed by atoms with van der Waals surface area (Å²) in [7, 11) is 1.61. The Morgan fingerprint density at radius 2 is 1.71 bits per heavy atom. The van der Waals surface area contributed by atoms with Crippen molar-refractivity contribution in [2.75, 3.05) is 0 Å². The van der Waals surface area contributed by atoms with E-state index in [1.165, 1.54) is 34.9 Å². The summed E-state index contributed by atoms with van der Waals surface area (Å²) in [6, 6.07) is 7.30. The van der Waals surface area contributed by atoms with Crippen LogP contribution in [0.15, 0.2) is 39.9 Å². The normalized spacial score (nSPS) is 10.5. The zero-order valence-electron chi connectivity index (χ0n) is 9.54. The van der Waals surface area contributed by atoms with Gasteiger partial charge < -0.3 is 9.67 Å². The molecule has 0 unspecified atom stereocenters. The third kappa shape index (κ3) is 1.87. The van der Waals surface area contributed by atoms with Crippen LogP contribution in [0.4, 0.5) is 0 Å². The van der Waals surface area contributed by atoms with E-state index in [0.29, 0.717) is 11.4 Å². The van der Waals surface area contributed by atoms with Gasteiger partial charge in [0.15, 0.2) is 0 Å². The lowest BCUT2D eigenvalue weighted by Gasteiger charge is -2.08. The number of phenols is 1. The topological polar surface area (TPSA) is 64.2 Å². The van der Waals surface area contributed by atoms with E-state index < -0.39 is 5.69 Å². The summed E-state index contributed by atoms with van der Waals surface area (Å²) < 4.78 is 2.46. The Labute approximate surface area is 97.2 Å². The molecular formula is C12H12N2O3. The van der Waals surface area contributed by atoms with Crippen LogP contribution in [0.1, 0.15) is 5.69 Å². The monoisotopic (exact) mass is 232 g/mol. The van der Waals surface area contributed by atoms with Crippen molar-refractivity contribution in [3.05, 3.63) is 56.9 Å². The Hall–Kier alpha value is -2.30. The van der Waals surface area contributed by atoms with E-state index in [0.717, 1.165) is 4.57 Å². The van der Waals surface area contributed by atoms with Crippen molar-refractivity contribution >= 4 is 0 Å². The van der Waals surface area contributed by atoms with Crippen LogP contribution in [0.2, 0.25) is 0 Å². The predicted molar refractivity (Wildman–Crippen MR) is 63.7 cm³/mol. The summed E-state index contributed by atoms with van der Waals surface area (Å²) >= 11 is 0. The highest BCUT2D eigenvalue weighted by Gasteiger charge is 2.07. The van der Waals surface area contributed by atoms with Gasteiger partial charge in [-0.3, -0.25) is 4.79 Å². The summed E-state index contributed by atoms with van der Waals surface area (Å²) in [6.45, 7) is 1.70. The number of benzene rings is 1. The minimum absolute atomic E-state index is 0.0886. The fraction of sp³-hybridized carbons (Fsp3) is 0.167. The van der Waals surface area contributed by atoms with E-state index in [1.54, 1.807) is 14.0 Å². The third-order valence-corrected chi connectivity index (χ3v) is 2.67. The van der Waals surface area contributed by atoms with E-state index in [1.807, 2.05) is 0 Å². The Bertz CT molecular complexity index is 666. The maximum Gasteiger partial charge on any atom is 0.335 e. The van der Waals surface area contributed by atoms with Gasteiger partial charge in [0.1, 0.15) is 5.75 Å². The van der Waals surface area contributed by atoms with Crippen molar-refractivity contribution in [2.24, 2.45) is 7.05 Å². The summed E-state index contributed by atoms with van der Waals surface area (Å²) in [6.07, 6.45) is 0. The molecule has 2 aromatic rings. The second-order valence-corrected chi connectivity index (χ2v) is 3.82. The SMILES string of the molecule is Cc1cc(=O)n(-c2ccc(O)cc2)c(=O)n1C. The number of hydrogen-bond donors (Lipinski definition) is 1. The molecule has 0 amide bonds. The Morgan fingerprint density at radius 1 is 1.12 bits per heavy atom. The van der Waals surface area contributed by atoms with Gasteiger partial charge in [0.25, 0.3) is 5.56 Å². The minimum atomic E-state index is -0.402. The third-order valence-electron chi connectivity index (χ3n) is 2.67. The summed E-state index contributed by atoms with van der Waals surface area (Å²) in [4.78, 5) is 23.7. The van der Waals surface area contributed by atoms with Gasteiger partial charge in [-0.05, 0) is 31.2 Å². The second kappa shape index (κ2) is 3.93. The maximum atomic E-state index is 12.0. The van der Waals surface area contributed by atoms with Crippen molar-refractivity contribution < 1.29 is 5.11 Å². The number of aromatic hydroxyl groups is 1. The molecule has 0 atom stereocenters. The molecule has 1 aromatic heterocycles. The van der Waals surface area contributed by atoms with E-state index in [2.05, 4.69) is 0 Å². The quantitative estimate of drug-likeness (QED) is 0.781. The molecule has 0 radical (unpaired) electrons. The zero-order valence-corrected chi connectivity index (χ0v) is 9.54. The first kappa shape index (κ1) is 11.2. The molecule has 0 aliphatic rings. The molecule has 0 spiro atoms. The van der Waals surface area contributed by atoms with Gasteiger partial charge in [-0.15, -0.1) is 0 Å². The molecule has 0 saturated carbocycles. The summed E-state index contributed by atoms with van der Waals surface area (Å²) in [5.41, 5.74) is 0.264. The van der Waals surface area contributed by atoms with Crippen molar-refractivity contribution in [1.29, 1.82) is 0 Å². The lowest BCUT2D eigenvalue weighted by molar-refractivity contribution is 0.475. The van der Waals surface area contributed by atoms with Gasteiger partial charge in [0, 0.05) is 18.8 Å². The number of nitrogens with zero attached hydrogens (tertiary/aromatic N) is 2. The Balaban J connectivity index is 2.77. The minimum Gasteiger partial charge on any atom is -0.508 e. The lowest BCUT2D eigenvalue weighted by atomic mass is 10.3. The van der Waals surface area contributed by atoms with Crippen LogP contribution in [-0.2, 0) is 7.05 Å². The second-order valence-electron chi connectivity index (χ2n) is 3.82. The predicted octanol–water partition coefficient (Wildman–Crippen LogP) is 0.550. The van der Waals surface area contributed by atoms with Gasteiger partial charge in [0.2, 0.25) is 0 Å². The molecule has 1 aromatic carbocycles. The summed E-state index contributed by atoms with van der Waals surface area (Å²) in [5, 5.41) is 9.17. The van der Waals surface area contributed by atoms with E-state index in [-0.39, 0.29) is 11.3 Å². The molecule has 0 saturated heterocycles. The zero-order chi connectivity index (χ0) is 12.6. The molecule has 88 valence electrons. The Morgan fingerprint density at radius 3 is 2.29 bits per heavy atom. The highest BCUT2D eigenvalue weighted by atomic mass is 16.3. The van der Waals surface area contributed by atoms with Crippen molar-refractivity contribution in [3.8, 4) is 11.4 Å². The van der Waals surface area contributed by atoms with Crippen molar-refractivity contribution in [3.63, 3.8) is 0 Å². The lowest BCUT2D eigenvalue weighted by Crippen LogP contribution is -2.38. The fourth-order valence-corrected chi connectivity index (χ4v) is 1.57. The largest absolute Gasteiger partial charge is 0.508 e. The first-order valence-electron chi connectivity index (χ1n) is 5.10. The molecule has 0 aliphatic carbocycles. The number of hydrogen-bond acceptors (Lipinski definition) is 3. The average Bonchev–Trinajstić information content (AvgIpc) is 2.29. The van der Waals surface area contributed by atoms with Gasteiger partial charge >= 0.3 is 5.69 Å². The van der Waals surface area contributed by atoms with Crippen LogP contribution in [0, 0.1) is 6.92 Å². The number of aromatic nitrogens is 2. The Kier molecular flexibility index (Phi) is 2.59. The van der Waals surface area contributed by atoms with Gasteiger partial charge in [-0.25, -0.2) is 9.36 Å². The molecule has 5 heteroatoms. The van der Waals surface area contributed by atoms with Gasteiger partial charge in [-0.1, -0.05) is 0 Å². The van der Waals surface area contributed by atoms with Gasteiger partial charge in [-0.2, -0.15) is 0 Å². The first-order valence-corrected chi connectivity index (χ1v) is 5.10. The van der Waals surface area contributed by atoms with Crippen molar-refractivity contribution in [2.45, 2.75) is 6.92 Å². The highest BCUT2D eigenvalue weighted by Crippen LogP contribution is 2.10. The van der Waals surface area contributed by atoms with Crippen LogP contribution in [-0.4, -0.2) is 14.2 Å². The number of rotatable bonds is 1. The standard InChI is InChI=1S/C12H12N2O3/c1-8-7-11(16)14(12(17)13(8)2)9-3-5-10(15)6-4-9/h3-7,15H,1-2H3. The van der Waals surface area contributed by atoms with Crippen LogP contribution in [0.3, 0.4) is 0 Å². The van der Waals surface area contributed by atoms with Crippen LogP contribution < -0.4 is 11.2 Å². The average molecular weight is 232 g/mol.